The molecule has 1 aromatic carbocycles. The van der Waals surface area contributed by atoms with E-state index in [-0.39, 0.29) is 16.9 Å². The number of nitrogens with one attached hydrogen (secondary N) is 1. The zero-order chi connectivity index (χ0) is 16.2. The number of carbonyl (C=O) groups is 2. The second-order valence-electron chi connectivity index (χ2n) is 5.41. The fourth-order valence-electron chi connectivity index (χ4n) is 1.50. The Balaban J connectivity index is 2.71. The first kappa shape index (κ1) is 16.4. The summed E-state index contributed by atoms with van der Waals surface area (Å²) in [7, 11) is 0. The van der Waals surface area contributed by atoms with Gasteiger partial charge >= 0.3 is 5.97 Å². The van der Waals surface area contributed by atoms with Gasteiger partial charge in [0, 0.05) is 11.6 Å². The van der Waals surface area contributed by atoms with Crippen LogP contribution in [0.5, 0.6) is 0 Å². The summed E-state index contributed by atoms with van der Waals surface area (Å²) in [6, 6.07) is 3.55. The number of rotatable bonds is 4. The molecule has 0 saturated heterocycles. The quantitative estimate of drug-likeness (QED) is 0.373. The van der Waals surface area contributed by atoms with Crippen LogP contribution >= 0.6 is 0 Å². The van der Waals surface area contributed by atoms with Crippen LogP contribution in [0.25, 0.3) is 0 Å². The fourth-order valence-corrected chi connectivity index (χ4v) is 1.50. The van der Waals surface area contributed by atoms with Crippen molar-refractivity contribution >= 4 is 23.3 Å². The molecule has 1 aromatic rings. The number of esters is 1. The van der Waals surface area contributed by atoms with E-state index >= 15 is 0 Å². The number of hydrogen-bond acceptors (Lipinski definition) is 6. The number of nitrogens with zero attached hydrogens (tertiary/aromatic N) is 1. The zero-order valence-corrected chi connectivity index (χ0v) is 12.0. The van der Waals surface area contributed by atoms with Crippen LogP contribution in [0.15, 0.2) is 18.2 Å². The average Bonchev–Trinajstić information content (AvgIpc) is 2.34. The molecule has 1 rings (SSSR count). The number of hydrogen-bond donors (Lipinski definition) is 2. The highest BCUT2D eigenvalue weighted by Gasteiger charge is 2.19. The van der Waals surface area contributed by atoms with Crippen LogP contribution in [0.2, 0.25) is 0 Å². The van der Waals surface area contributed by atoms with Gasteiger partial charge in [-0.3, -0.25) is 14.9 Å². The molecule has 0 spiro atoms. The molecule has 1 amide bonds. The van der Waals surface area contributed by atoms with Crippen LogP contribution in [0.3, 0.4) is 0 Å². The van der Waals surface area contributed by atoms with Gasteiger partial charge in [0.2, 0.25) is 0 Å². The molecule has 0 bridgehead atoms. The van der Waals surface area contributed by atoms with E-state index in [0.717, 1.165) is 6.07 Å². The number of ether oxygens (including phenoxy) is 1. The van der Waals surface area contributed by atoms with Crippen molar-refractivity contribution in [2.45, 2.75) is 26.3 Å². The van der Waals surface area contributed by atoms with Gasteiger partial charge in [-0.2, -0.15) is 0 Å². The number of amides is 1. The molecular formula is C13H17N3O5. The number of carbonyl (C=O) groups excluding carboxylic acids is 2. The lowest BCUT2D eigenvalue weighted by atomic mass is 10.1. The minimum Gasteiger partial charge on any atom is -0.452 e. The van der Waals surface area contributed by atoms with Crippen molar-refractivity contribution in [2.75, 3.05) is 12.3 Å². The molecular weight excluding hydrogens is 278 g/mol. The predicted molar refractivity (Wildman–Crippen MR) is 75.7 cm³/mol. The molecule has 0 radical (unpaired) electrons. The monoisotopic (exact) mass is 295 g/mol. The van der Waals surface area contributed by atoms with Crippen molar-refractivity contribution < 1.29 is 19.2 Å². The lowest BCUT2D eigenvalue weighted by Gasteiger charge is -2.20. The van der Waals surface area contributed by atoms with Gasteiger partial charge in [0.25, 0.3) is 11.6 Å². The second kappa shape index (κ2) is 6.21. The Hall–Kier alpha value is -2.64. The van der Waals surface area contributed by atoms with E-state index in [4.69, 9.17) is 10.5 Å². The third-order valence-electron chi connectivity index (χ3n) is 2.31. The number of anilines is 1. The number of nitrogens with two attached hydrogens (primary N) is 1. The Morgan fingerprint density at radius 1 is 1.38 bits per heavy atom. The van der Waals surface area contributed by atoms with Crippen LogP contribution in [0, 0.1) is 10.1 Å². The van der Waals surface area contributed by atoms with Crippen molar-refractivity contribution in [3.8, 4) is 0 Å². The summed E-state index contributed by atoms with van der Waals surface area (Å²) >= 11 is 0. The van der Waals surface area contributed by atoms with Crippen molar-refractivity contribution in [1.82, 2.24) is 5.32 Å². The third kappa shape index (κ3) is 5.09. The molecule has 21 heavy (non-hydrogen) atoms. The van der Waals surface area contributed by atoms with Crippen molar-refractivity contribution in [2.24, 2.45) is 0 Å². The van der Waals surface area contributed by atoms with E-state index < -0.39 is 28.9 Å². The summed E-state index contributed by atoms with van der Waals surface area (Å²) in [5, 5.41) is 13.3. The van der Waals surface area contributed by atoms with Gasteiger partial charge in [-0.15, -0.1) is 0 Å². The van der Waals surface area contributed by atoms with Crippen molar-refractivity contribution in [1.29, 1.82) is 0 Å². The lowest BCUT2D eigenvalue weighted by Crippen LogP contribution is -2.42. The Bertz CT molecular complexity index is 578. The topological polar surface area (TPSA) is 125 Å². The number of benzene rings is 1. The molecule has 0 saturated carbocycles. The molecule has 0 aliphatic carbocycles. The van der Waals surface area contributed by atoms with Gasteiger partial charge in [0.15, 0.2) is 6.61 Å². The summed E-state index contributed by atoms with van der Waals surface area (Å²) in [4.78, 5) is 33.3. The first-order valence-corrected chi connectivity index (χ1v) is 6.12. The van der Waals surface area contributed by atoms with Gasteiger partial charge in [0.1, 0.15) is 5.69 Å². The summed E-state index contributed by atoms with van der Waals surface area (Å²) < 4.78 is 4.80. The van der Waals surface area contributed by atoms with Gasteiger partial charge < -0.3 is 15.8 Å². The van der Waals surface area contributed by atoms with Gasteiger partial charge in [-0.05, 0) is 32.9 Å². The van der Waals surface area contributed by atoms with E-state index in [0.29, 0.717) is 0 Å². The van der Waals surface area contributed by atoms with E-state index in [1.165, 1.54) is 12.1 Å². The normalized spacial score (nSPS) is 10.8. The van der Waals surface area contributed by atoms with Crippen LogP contribution in [-0.2, 0) is 9.53 Å². The molecule has 114 valence electrons. The largest absolute Gasteiger partial charge is 0.452 e. The van der Waals surface area contributed by atoms with Crippen molar-refractivity contribution in [3.63, 3.8) is 0 Å². The summed E-state index contributed by atoms with van der Waals surface area (Å²) in [6.07, 6.45) is 0. The highest BCUT2D eigenvalue weighted by molar-refractivity contribution is 5.92. The maximum absolute atomic E-state index is 11.7. The summed E-state index contributed by atoms with van der Waals surface area (Å²) in [5.41, 5.74) is 4.50. The van der Waals surface area contributed by atoms with Crippen LogP contribution in [0.4, 0.5) is 11.4 Å². The Kier molecular flexibility index (Phi) is 4.85. The Labute approximate surface area is 121 Å². The van der Waals surface area contributed by atoms with E-state index in [1.807, 2.05) is 0 Å². The third-order valence-corrected chi connectivity index (χ3v) is 2.31. The second-order valence-corrected chi connectivity index (χ2v) is 5.41. The summed E-state index contributed by atoms with van der Waals surface area (Å²) in [5.74, 6) is -1.29. The van der Waals surface area contributed by atoms with Gasteiger partial charge in [-0.25, -0.2) is 4.79 Å². The van der Waals surface area contributed by atoms with E-state index in [1.54, 1.807) is 20.8 Å². The first-order chi connectivity index (χ1) is 9.60. The zero-order valence-electron chi connectivity index (χ0n) is 12.0. The molecule has 8 nitrogen and oxygen atoms in total. The first-order valence-electron chi connectivity index (χ1n) is 6.12. The average molecular weight is 295 g/mol. The molecule has 0 aliphatic heterocycles. The van der Waals surface area contributed by atoms with E-state index in [2.05, 4.69) is 5.32 Å². The maximum Gasteiger partial charge on any atom is 0.338 e. The smallest absolute Gasteiger partial charge is 0.338 e. The van der Waals surface area contributed by atoms with Gasteiger partial charge in [-0.1, -0.05) is 0 Å². The minimum atomic E-state index is -0.831. The van der Waals surface area contributed by atoms with E-state index in [9.17, 15) is 19.7 Å². The lowest BCUT2D eigenvalue weighted by molar-refractivity contribution is -0.383. The number of nitrogen functional groups attached to an aromatic ring is 1. The molecule has 0 aromatic heterocycles. The van der Waals surface area contributed by atoms with Crippen LogP contribution in [0.1, 0.15) is 31.1 Å². The van der Waals surface area contributed by atoms with Crippen LogP contribution in [-0.4, -0.2) is 28.9 Å². The number of nitro benzene ring substituents is 1. The molecule has 0 heterocycles. The molecule has 0 atom stereocenters. The molecule has 0 aliphatic rings. The minimum absolute atomic E-state index is 0.0422. The van der Waals surface area contributed by atoms with Gasteiger partial charge in [0.05, 0.1) is 10.5 Å². The van der Waals surface area contributed by atoms with Crippen LogP contribution < -0.4 is 11.1 Å². The molecule has 3 N–H and O–H groups in total. The SMILES string of the molecule is CC(C)(C)NC(=O)COC(=O)c1ccc(N)c([N+](=O)[O-])c1. The maximum atomic E-state index is 11.7. The summed E-state index contributed by atoms with van der Waals surface area (Å²) in [6.45, 7) is 4.90. The molecule has 0 fully saturated rings. The standard InChI is InChI=1S/C13H17N3O5/c1-13(2,3)15-11(17)7-21-12(18)8-4-5-9(14)10(6-8)16(19)20/h4-6H,7,14H2,1-3H3,(H,15,17). The molecule has 8 heteroatoms. The fraction of sp³-hybridized carbons (Fsp3) is 0.385. The Morgan fingerprint density at radius 3 is 2.52 bits per heavy atom. The number of nitro groups is 1. The highest BCUT2D eigenvalue weighted by atomic mass is 16.6. The van der Waals surface area contributed by atoms with Crippen molar-refractivity contribution in [3.05, 3.63) is 33.9 Å². The Morgan fingerprint density at radius 2 is 2.00 bits per heavy atom. The highest BCUT2D eigenvalue weighted by Crippen LogP contribution is 2.22. The molecule has 0 unspecified atom stereocenters. The predicted octanol–water partition coefficient (Wildman–Crippen LogP) is 1.25.